The van der Waals surface area contributed by atoms with E-state index in [1.807, 2.05) is 0 Å². The van der Waals surface area contributed by atoms with Crippen molar-refractivity contribution < 1.29 is 18.3 Å². The predicted molar refractivity (Wildman–Crippen MR) is 45.1 cm³/mol. The number of halogens is 4. The van der Waals surface area contributed by atoms with Crippen LogP contribution in [0.3, 0.4) is 0 Å². The van der Waals surface area contributed by atoms with Crippen molar-refractivity contribution in [1.29, 1.82) is 0 Å². The largest absolute Gasteiger partial charge is 0.382 e. The van der Waals surface area contributed by atoms with Crippen LogP contribution in [0.15, 0.2) is 22.7 Å². The van der Waals surface area contributed by atoms with Gasteiger partial charge in [0, 0.05) is 5.56 Å². The fourth-order valence-electron chi connectivity index (χ4n) is 0.885. The molecule has 13 heavy (non-hydrogen) atoms. The van der Waals surface area contributed by atoms with Crippen molar-refractivity contribution in [3.05, 3.63) is 34.1 Å². The third-order valence-electron chi connectivity index (χ3n) is 1.54. The van der Waals surface area contributed by atoms with Crippen LogP contribution < -0.4 is 0 Å². The molecule has 0 heterocycles. The van der Waals surface area contributed by atoms with Gasteiger partial charge in [-0.25, -0.2) is 13.2 Å². The van der Waals surface area contributed by atoms with Crippen LogP contribution in [0.5, 0.6) is 0 Å². The van der Waals surface area contributed by atoms with Crippen molar-refractivity contribution in [3.8, 4) is 0 Å². The summed E-state index contributed by atoms with van der Waals surface area (Å²) in [5.41, 5.74) is -0.144. The zero-order valence-corrected chi connectivity index (χ0v) is 7.93. The van der Waals surface area contributed by atoms with Crippen LogP contribution in [0.1, 0.15) is 11.7 Å². The molecule has 72 valence electrons. The molecule has 0 amide bonds. The van der Waals surface area contributed by atoms with E-state index in [1.165, 1.54) is 12.1 Å². The zero-order valence-electron chi connectivity index (χ0n) is 6.35. The van der Waals surface area contributed by atoms with Gasteiger partial charge in [0.15, 0.2) is 0 Å². The van der Waals surface area contributed by atoms with Crippen LogP contribution in [0, 0.1) is 5.82 Å². The van der Waals surface area contributed by atoms with Crippen LogP contribution >= 0.6 is 15.9 Å². The Hall–Kier alpha value is -0.550. The van der Waals surface area contributed by atoms with E-state index in [4.69, 9.17) is 5.11 Å². The Morgan fingerprint density at radius 3 is 2.46 bits per heavy atom. The molecule has 0 aliphatic carbocycles. The van der Waals surface area contributed by atoms with E-state index in [1.54, 1.807) is 0 Å². The van der Waals surface area contributed by atoms with Crippen LogP contribution in [-0.2, 0) is 0 Å². The number of aliphatic hydroxyl groups excluding tert-OH is 1. The maximum atomic E-state index is 12.8. The topological polar surface area (TPSA) is 20.2 Å². The Balaban J connectivity index is 3.07. The summed E-state index contributed by atoms with van der Waals surface area (Å²) in [6, 6.07) is 3.62. The molecule has 0 fully saturated rings. The fourth-order valence-corrected chi connectivity index (χ4v) is 1.38. The molecule has 0 aliphatic rings. The monoisotopic (exact) mass is 254 g/mol. The molecule has 0 aliphatic heterocycles. The van der Waals surface area contributed by atoms with Crippen molar-refractivity contribution in [2.45, 2.75) is 12.5 Å². The molecule has 0 saturated heterocycles. The van der Waals surface area contributed by atoms with E-state index in [9.17, 15) is 13.2 Å². The lowest BCUT2D eigenvalue weighted by molar-refractivity contribution is -0.00635. The van der Waals surface area contributed by atoms with Crippen molar-refractivity contribution in [1.82, 2.24) is 0 Å². The number of benzene rings is 1. The molecule has 0 aromatic heterocycles. The summed E-state index contributed by atoms with van der Waals surface area (Å²) in [5.74, 6) is -0.669. The minimum atomic E-state index is -2.92. The van der Waals surface area contributed by atoms with Crippen LogP contribution in [0.2, 0.25) is 0 Å². The van der Waals surface area contributed by atoms with Gasteiger partial charge in [-0.05, 0) is 22.0 Å². The second-order valence-corrected chi connectivity index (χ2v) is 3.22. The Labute approximate surface area is 81.3 Å². The first-order valence-corrected chi connectivity index (χ1v) is 4.23. The second kappa shape index (κ2) is 4.11. The molecule has 1 nitrogen and oxygen atoms in total. The molecule has 0 saturated carbocycles. The van der Waals surface area contributed by atoms with E-state index in [-0.39, 0.29) is 10.0 Å². The highest BCUT2D eigenvalue weighted by molar-refractivity contribution is 9.10. The van der Waals surface area contributed by atoms with E-state index >= 15 is 0 Å². The van der Waals surface area contributed by atoms with Crippen LogP contribution in [-0.4, -0.2) is 11.5 Å². The molecule has 5 heteroatoms. The van der Waals surface area contributed by atoms with Crippen molar-refractivity contribution in [3.63, 3.8) is 0 Å². The minimum absolute atomic E-state index is 0.122. The molecule has 1 atom stereocenters. The van der Waals surface area contributed by atoms with Crippen LogP contribution in [0.4, 0.5) is 13.2 Å². The average molecular weight is 255 g/mol. The fraction of sp³-hybridized carbons (Fsp3) is 0.250. The summed E-state index contributed by atoms with van der Waals surface area (Å²) in [6.07, 6.45) is -4.87. The Kier molecular flexibility index (Phi) is 3.33. The van der Waals surface area contributed by atoms with Gasteiger partial charge in [0.2, 0.25) is 0 Å². The van der Waals surface area contributed by atoms with E-state index in [0.717, 1.165) is 6.07 Å². The molecule has 1 aromatic rings. The zero-order chi connectivity index (χ0) is 10.0. The number of hydrogen-bond donors (Lipinski definition) is 1. The summed E-state index contributed by atoms with van der Waals surface area (Å²) in [5, 5.41) is 8.96. The summed E-state index contributed by atoms with van der Waals surface area (Å²) >= 11 is 2.78. The first kappa shape index (κ1) is 10.5. The van der Waals surface area contributed by atoms with Gasteiger partial charge in [-0.2, -0.15) is 0 Å². The lowest BCUT2D eigenvalue weighted by atomic mass is 10.1. The van der Waals surface area contributed by atoms with Crippen LogP contribution in [0.25, 0.3) is 0 Å². The number of rotatable bonds is 2. The molecule has 1 N–H and O–H groups in total. The van der Waals surface area contributed by atoms with Crippen molar-refractivity contribution >= 4 is 15.9 Å². The molecular formula is C8H6BrF3O. The maximum absolute atomic E-state index is 12.8. The Morgan fingerprint density at radius 2 is 1.92 bits per heavy atom. The summed E-state index contributed by atoms with van der Waals surface area (Å²) in [7, 11) is 0. The SMILES string of the molecule is OC(c1cccc(F)c1Br)C(F)F. The van der Waals surface area contributed by atoms with Gasteiger partial charge < -0.3 is 5.11 Å². The Bertz CT molecular complexity index is 303. The third kappa shape index (κ3) is 2.22. The van der Waals surface area contributed by atoms with Gasteiger partial charge >= 0.3 is 0 Å². The second-order valence-electron chi connectivity index (χ2n) is 2.42. The normalized spacial score (nSPS) is 13.4. The lowest BCUT2D eigenvalue weighted by Crippen LogP contribution is -2.09. The molecule has 1 aromatic carbocycles. The van der Waals surface area contributed by atoms with Crippen molar-refractivity contribution in [2.24, 2.45) is 0 Å². The van der Waals surface area contributed by atoms with E-state index < -0.39 is 18.3 Å². The molecule has 0 radical (unpaired) electrons. The van der Waals surface area contributed by atoms with Gasteiger partial charge in [0.1, 0.15) is 11.9 Å². The van der Waals surface area contributed by atoms with Gasteiger partial charge in [0.05, 0.1) is 4.47 Å². The van der Waals surface area contributed by atoms with Gasteiger partial charge in [-0.15, -0.1) is 0 Å². The van der Waals surface area contributed by atoms with E-state index in [2.05, 4.69) is 15.9 Å². The number of hydrogen-bond acceptors (Lipinski definition) is 1. The van der Waals surface area contributed by atoms with E-state index in [0.29, 0.717) is 0 Å². The highest BCUT2D eigenvalue weighted by atomic mass is 79.9. The van der Waals surface area contributed by atoms with Crippen molar-refractivity contribution in [2.75, 3.05) is 0 Å². The molecule has 1 unspecified atom stereocenters. The average Bonchev–Trinajstić information content (AvgIpc) is 2.08. The standard InChI is InChI=1S/C8H6BrF3O/c9-6-4(7(13)8(11)12)2-1-3-5(6)10/h1-3,7-8,13H. The smallest absolute Gasteiger partial charge is 0.268 e. The van der Waals surface area contributed by atoms with Gasteiger partial charge in [-0.3, -0.25) is 0 Å². The summed E-state index contributed by atoms with van der Waals surface area (Å²) < 4.78 is 36.7. The molecule has 1 rings (SSSR count). The Morgan fingerprint density at radius 1 is 1.31 bits per heavy atom. The highest BCUT2D eigenvalue weighted by Gasteiger charge is 2.22. The first-order chi connectivity index (χ1) is 6.04. The third-order valence-corrected chi connectivity index (χ3v) is 2.38. The summed E-state index contributed by atoms with van der Waals surface area (Å²) in [6.45, 7) is 0. The maximum Gasteiger partial charge on any atom is 0.268 e. The summed E-state index contributed by atoms with van der Waals surface area (Å²) in [4.78, 5) is 0. The molecular weight excluding hydrogens is 249 g/mol. The predicted octanol–water partition coefficient (Wildman–Crippen LogP) is 2.89. The molecule has 0 bridgehead atoms. The highest BCUT2D eigenvalue weighted by Crippen LogP contribution is 2.29. The van der Waals surface area contributed by atoms with Gasteiger partial charge in [-0.1, -0.05) is 12.1 Å². The number of aliphatic hydroxyl groups is 1. The number of alkyl halides is 2. The first-order valence-electron chi connectivity index (χ1n) is 3.44. The minimum Gasteiger partial charge on any atom is -0.382 e. The lowest BCUT2D eigenvalue weighted by Gasteiger charge is -2.11. The quantitative estimate of drug-likeness (QED) is 0.861. The van der Waals surface area contributed by atoms with Gasteiger partial charge in [0.25, 0.3) is 6.43 Å². The molecule has 0 spiro atoms.